The Balaban J connectivity index is 1.74. The third-order valence-electron chi connectivity index (χ3n) is 5.76. The van der Waals surface area contributed by atoms with Crippen molar-refractivity contribution in [3.05, 3.63) is 48.0 Å². The molecule has 1 atom stereocenters. The van der Waals surface area contributed by atoms with Crippen LogP contribution in [0.1, 0.15) is 18.4 Å². The van der Waals surface area contributed by atoms with Gasteiger partial charge < -0.3 is 39.3 Å². The summed E-state index contributed by atoms with van der Waals surface area (Å²) in [4.78, 5) is 38.3. The molecule has 192 valence electrons. The van der Waals surface area contributed by atoms with Gasteiger partial charge in [0.1, 0.15) is 11.5 Å². The molecule has 3 aromatic rings. The van der Waals surface area contributed by atoms with Crippen LogP contribution in [0.25, 0.3) is 22.2 Å². The molecule has 0 bridgehead atoms. The lowest BCUT2D eigenvalue weighted by molar-refractivity contribution is 0.140. The van der Waals surface area contributed by atoms with Gasteiger partial charge in [0.15, 0.2) is 5.85 Å². The monoisotopic (exact) mass is 528 g/mol. The van der Waals surface area contributed by atoms with Crippen molar-refractivity contribution in [1.82, 2.24) is 9.47 Å². The van der Waals surface area contributed by atoms with Crippen LogP contribution in [-0.4, -0.2) is 65.2 Å². The molecule has 0 saturated heterocycles. The lowest BCUT2D eigenvalue weighted by Gasteiger charge is -2.23. The fraction of sp³-hybridized carbons (Fsp3) is 0.364. The number of hydrogen-bond donors (Lipinski definition) is 6. The molecule has 0 radical (unpaired) electrons. The minimum atomic E-state index is -5.05. The van der Waals surface area contributed by atoms with E-state index in [1.54, 1.807) is 36.2 Å². The molecule has 0 spiro atoms. The summed E-state index contributed by atoms with van der Waals surface area (Å²) in [6.07, 6.45) is 0.379. The number of aromatic hydroxyl groups is 2. The first kappa shape index (κ1) is 27.4. The largest absolute Gasteiger partial charge is 0.508 e. The Labute approximate surface area is 202 Å². The highest BCUT2D eigenvalue weighted by atomic mass is 31.2. The fourth-order valence-electron chi connectivity index (χ4n) is 4.12. The number of aryl methyl sites for hydroxylation is 2. The minimum Gasteiger partial charge on any atom is -0.508 e. The van der Waals surface area contributed by atoms with Gasteiger partial charge in [0.05, 0.1) is 11.2 Å². The van der Waals surface area contributed by atoms with Crippen molar-refractivity contribution in [2.75, 3.05) is 20.1 Å². The predicted octanol–water partition coefficient (Wildman–Crippen LogP) is 3.35. The molecular formula is C22H30N2O9P2. The van der Waals surface area contributed by atoms with Gasteiger partial charge in [0.2, 0.25) is 0 Å². The van der Waals surface area contributed by atoms with Crippen molar-refractivity contribution in [2.45, 2.75) is 32.2 Å². The number of benzene rings is 2. The molecule has 0 aliphatic carbocycles. The van der Waals surface area contributed by atoms with E-state index in [4.69, 9.17) is 9.79 Å². The Morgan fingerprint density at radius 2 is 1.60 bits per heavy atom. The summed E-state index contributed by atoms with van der Waals surface area (Å²) in [6, 6.07) is 12.0. The fourth-order valence-corrected chi connectivity index (χ4v) is 5.85. The van der Waals surface area contributed by atoms with Crippen LogP contribution in [0.15, 0.2) is 42.5 Å². The highest BCUT2D eigenvalue weighted by Crippen LogP contribution is 2.51. The summed E-state index contributed by atoms with van der Waals surface area (Å²) in [5.74, 6) is -1.60. The number of phenolic OH excluding ortho intramolecular Hbond substituents is 2. The summed E-state index contributed by atoms with van der Waals surface area (Å²) in [6.45, 7) is 3.23. The van der Waals surface area contributed by atoms with Crippen LogP contribution in [0.4, 0.5) is 0 Å². The molecule has 0 amide bonds. The van der Waals surface area contributed by atoms with Crippen molar-refractivity contribution in [3.8, 4) is 22.8 Å². The average molecular weight is 528 g/mol. The van der Waals surface area contributed by atoms with Crippen molar-refractivity contribution >= 4 is 26.3 Å². The quantitative estimate of drug-likeness (QED) is 0.203. The average Bonchev–Trinajstić information content (AvgIpc) is 3.01. The van der Waals surface area contributed by atoms with Gasteiger partial charge in [0, 0.05) is 24.5 Å². The van der Waals surface area contributed by atoms with Crippen LogP contribution >= 0.6 is 15.4 Å². The molecule has 6 N–H and O–H groups in total. The number of aromatic nitrogens is 1. The first-order chi connectivity index (χ1) is 16.3. The number of nitrogens with zero attached hydrogens (tertiary/aromatic N) is 2. The molecule has 3 rings (SSSR count). The van der Waals surface area contributed by atoms with E-state index >= 15 is 0 Å². The van der Waals surface area contributed by atoms with Crippen molar-refractivity contribution in [1.29, 1.82) is 0 Å². The van der Waals surface area contributed by atoms with E-state index in [9.17, 15) is 29.1 Å². The van der Waals surface area contributed by atoms with E-state index in [1.807, 2.05) is 25.1 Å². The second-order valence-corrected chi connectivity index (χ2v) is 11.4. The Kier molecular flexibility index (Phi) is 8.47. The Bertz CT molecular complexity index is 1260. The molecule has 13 heteroatoms. The molecule has 0 aliphatic heterocycles. The molecule has 1 unspecified atom stereocenters. The van der Waals surface area contributed by atoms with E-state index in [2.05, 4.69) is 9.09 Å². The van der Waals surface area contributed by atoms with Gasteiger partial charge in [-0.3, -0.25) is 9.09 Å². The van der Waals surface area contributed by atoms with Crippen LogP contribution in [0.5, 0.6) is 11.5 Å². The maximum Gasteiger partial charge on any atom is 0.470 e. The molecule has 0 aliphatic rings. The third-order valence-corrected chi connectivity index (χ3v) is 7.56. The number of fused-ring (bicyclic) bond motifs is 1. The van der Waals surface area contributed by atoms with Crippen LogP contribution in [0.3, 0.4) is 0 Å². The van der Waals surface area contributed by atoms with Gasteiger partial charge in [-0.2, -0.15) is 0 Å². The molecule has 2 aromatic carbocycles. The number of phosphoric acid groups is 1. The predicted molar refractivity (Wildman–Crippen MR) is 131 cm³/mol. The van der Waals surface area contributed by atoms with Crippen LogP contribution in [0, 0.1) is 6.92 Å². The number of phosphoric ester groups is 1. The van der Waals surface area contributed by atoms with Crippen LogP contribution in [0.2, 0.25) is 0 Å². The summed E-state index contributed by atoms with van der Waals surface area (Å²) < 4.78 is 29.0. The van der Waals surface area contributed by atoms with Gasteiger partial charge in [0.25, 0.3) is 0 Å². The van der Waals surface area contributed by atoms with E-state index in [-0.39, 0.29) is 24.5 Å². The normalized spacial score (nSPS) is 13.6. The number of rotatable bonds is 11. The number of phenols is 2. The second-order valence-electron chi connectivity index (χ2n) is 8.46. The summed E-state index contributed by atoms with van der Waals surface area (Å²) in [7, 11) is -8.18. The zero-order valence-corrected chi connectivity index (χ0v) is 21.1. The van der Waals surface area contributed by atoms with E-state index < -0.39 is 21.3 Å². The first-order valence-electron chi connectivity index (χ1n) is 10.8. The minimum absolute atomic E-state index is 0.138. The van der Waals surface area contributed by atoms with Gasteiger partial charge >= 0.3 is 15.4 Å². The zero-order chi connectivity index (χ0) is 26.0. The van der Waals surface area contributed by atoms with E-state index in [0.29, 0.717) is 19.5 Å². The van der Waals surface area contributed by atoms with E-state index in [0.717, 1.165) is 27.7 Å². The van der Waals surface area contributed by atoms with Crippen molar-refractivity contribution in [2.24, 2.45) is 0 Å². The van der Waals surface area contributed by atoms with Gasteiger partial charge in [-0.05, 0) is 80.9 Å². The highest BCUT2D eigenvalue weighted by molar-refractivity contribution is 7.53. The topological polar surface area (TPSA) is 173 Å². The maximum absolute atomic E-state index is 11.5. The molecule has 0 saturated carbocycles. The van der Waals surface area contributed by atoms with Gasteiger partial charge in [-0.1, -0.05) is 0 Å². The Morgan fingerprint density at radius 1 is 0.971 bits per heavy atom. The van der Waals surface area contributed by atoms with E-state index in [1.165, 1.54) is 0 Å². The lowest BCUT2D eigenvalue weighted by Crippen LogP contribution is -2.26. The Morgan fingerprint density at radius 3 is 2.20 bits per heavy atom. The van der Waals surface area contributed by atoms with Crippen LogP contribution in [-0.2, 0) is 20.2 Å². The van der Waals surface area contributed by atoms with Crippen LogP contribution < -0.4 is 0 Å². The maximum atomic E-state index is 11.5. The smallest absolute Gasteiger partial charge is 0.470 e. The molecular weight excluding hydrogens is 498 g/mol. The summed E-state index contributed by atoms with van der Waals surface area (Å²) in [5.41, 5.74) is 3.73. The van der Waals surface area contributed by atoms with Crippen molar-refractivity contribution < 1.29 is 43.4 Å². The number of hydrogen-bond acceptors (Lipinski definition) is 6. The molecule has 1 aromatic heterocycles. The first-order valence-corrected chi connectivity index (χ1v) is 14.1. The standard InChI is InChI=1S/C22H30N2O9P2/c1-15-19-9-8-18(26)14-20(19)24(22(15)16-4-6-17(25)7-5-16)12-3-11-23(2)13-10-21(34(27,28)29)33-35(30,31)32/h4-9,14,21,25-26H,3,10-13H2,1-2H3,(H2,27,28,29)(H2,30,31,32). The molecule has 35 heavy (non-hydrogen) atoms. The zero-order valence-electron chi connectivity index (χ0n) is 19.4. The van der Waals surface area contributed by atoms with Crippen molar-refractivity contribution in [3.63, 3.8) is 0 Å². The Hall–Kier alpha value is -2.20. The molecule has 1 heterocycles. The van der Waals surface area contributed by atoms with Gasteiger partial charge in [-0.25, -0.2) is 4.57 Å². The highest BCUT2D eigenvalue weighted by Gasteiger charge is 2.35. The summed E-state index contributed by atoms with van der Waals surface area (Å²) in [5, 5.41) is 20.7. The molecule has 0 fully saturated rings. The lowest BCUT2D eigenvalue weighted by atomic mass is 10.1. The third kappa shape index (κ3) is 7.16. The van der Waals surface area contributed by atoms with Gasteiger partial charge in [-0.15, -0.1) is 0 Å². The summed E-state index contributed by atoms with van der Waals surface area (Å²) >= 11 is 0. The SMILES string of the molecule is Cc1c(-c2ccc(O)cc2)n(CCCN(C)CCC(OP(=O)(O)O)P(=O)(O)O)c2cc(O)ccc12. The second kappa shape index (κ2) is 10.8. The molecule has 11 nitrogen and oxygen atoms in total.